The largest absolute Gasteiger partial charge is 0.381 e. The third kappa shape index (κ3) is 1.79. The number of hydrogen-bond donors (Lipinski definition) is 1. The quantitative estimate of drug-likeness (QED) is 0.671. The van der Waals surface area contributed by atoms with Gasteiger partial charge < -0.3 is 5.32 Å². The highest BCUT2D eigenvalue weighted by Gasteiger charge is 2.15. The van der Waals surface area contributed by atoms with E-state index in [4.69, 9.17) is 0 Å². The van der Waals surface area contributed by atoms with Crippen molar-refractivity contribution >= 4 is 0 Å². The van der Waals surface area contributed by atoms with Gasteiger partial charge in [-0.2, -0.15) is 0 Å². The molecule has 0 bridgehead atoms. The predicted molar refractivity (Wildman–Crippen MR) is 56.4 cm³/mol. The van der Waals surface area contributed by atoms with Crippen LogP contribution in [-0.2, 0) is 0 Å². The third-order valence-electron chi connectivity index (χ3n) is 2.57. The van der Waals surface area contributed by atoms with E-state index in [2.05, 4.69) is 5.32 Å². The van der Waals surface area contributed by atoms with Crippen molar-refractivity contribution in [3.05, 3.63) is 47.0 Å². The third-order valence-corrected chi connectivity index (χ3v) is 2.57. The Hall–Kier alpha value is -1.31. The van der Waals surface area contributed by atoms with Gasteiger partial charge >= 0.3 is 0 Å². The van der Waals surface area contributed by atoms with E-state index >= 15 is 0 Å². The average Bonchev–Trinajstić information content (AvgIpc) is 2.19. The van der Waals surface area contributed by atoms with E-state index in [0.29, 0.717) is 0 Å². The highest BCUT2D eigenvalue weighted by molar-refractivity contribution is 5.42. The van der Waals surface area contributed by atoms with E-state index in [9.17, 15) is 4.39 Å². The van der Waals surface area contributed by atoms with Gasteiger partial charge in [0.25, 0.3) is 0 Å². The number of dihydropyridines is 1. The molecule has 2 rings (SSSR count). The molecule has 0 unspecified atom stereocenters. The standard InChI is InChI=1S/C12H14FN/c1-9-5-6-10(11(13)8-9)12-4-2-3-7-14-12/h2-4,8,14H,5-7H2,1H3. The summed E-state index contributed by atoms with van der Waals surface area (Å²) in [4.78, 5) is 0. The fourth-order valence-corrected chi connectivity index (χ4v) is 1.75. The lowest BCUT2D eigenvalue weighted by molar-refractivity contribution is 0.627. The second kappa shape index (κ2) is 3.82. The Morgan fingerprint density at radius 3 is 2.86 bits per heavy atom. The van der Waals surface area contributed by atoms with Gasteiger partial charge in [-0.1, -0.05) is 17.7 Å². The summed E-state index contributed by atoms with van der Waals surface area (Å²) in [5.74, 6) is -0.0807. The molecule has 0 aromatic heterocycles. The van der Waals surface area contributed by atoms with E-state index in [1.54, 1.807) is 6.08 Å². The molecule has 74 valence electrons. The van der Waals surface area contributed by atoms with Gasteiger partial charge in [0, 0.05) is 17.8 Å². The Labute approximate surface area is 83.7 Å². The Morgan fingerprint density at radius 1 is 1.36 bits per heavy atom. The number of halogens is 1. The fourth-order valence-electron chi connectivity index (χ4n) is 1.75. The Morgan fingerprint density at radius 2 is 2.21 bits per heavy atom. The van der Waals surface area contributed by atoms with Crippen molar-refractivity contribution in [1.82, 2.24) is 5.32 Å². The summed E-state index contributed by atoms with van der Waals surface area (Å²) in [5, 5.41) is 3.18. The molecular formula is C12H14FN. The zero-order chi connectivity index (χ0) is 9.97. The summed E-state index contributed by atoms with van der Waals surface area (Å²) >= 11 is 0. The van der Waals surface area contributed by atoms with Gasteiger partial charge in [-0.05, 0) is 31.9 Å². The van der Waals surface area contributed by atoms with E-state index < -0.39 is 0 Å². The van der Waals surface area contributed by atoms with Crippen molar-refractivity contribution in [2.24, 2.45) is 0 Å². The van der Waals surface area contributed by atoms with E-state index in [1.807, 2.05) is 25.2 Å². The van der Waals surface area contributed by atoms with E-state index in [1.165, 1.54) is 0 Å². The molecule has 14 heavy (non-hydrogen) atoms. The van der Waals surface area contributed by atoms with Crippen LogP contribution < -0.4 is 5.32 Å². The van der Waals surface area contributed by atoms with Crippen molar-refractivity contribution in [3.63, 3.8) is 0 Å². The van der Waals surface area contributed by atoms with Gasteiger partial charge in [0.2, 0.25) is 0 Å². The maximum atomic E-state index is 13.6. The summed E-state index contributed by atoms with van der Waals surface area (Å²) in [7, 11) is 0. The molecule has 0 fully saturated rings. The molecule has 0 saturated carbocycles. The smallest absolute Gasteiger partial charge is 0.128 e. The molecule has 0 aromatic carbocycles. The first-order valence-electron chi connectivity index (χ1n) is 4.94. The van der Waals surface area contributed by atoms with Gasteiger partial charge in [-0.15, -0.1) is 0 Å². The molecule has 1 nitrogen and oxygen atoms in total. The number of nitrogens with one attached hydrogen (secondary N) is 1. The zero-order valence-electron chi connectivity index (χ0n) is 8.31. The van der Waals surface area contributed by atoms with Crippen LogP contribution in [0.25, 0.3) is 0 Å². The van der Waals surface area contributed by atoms with Crippen molar-refractivity contribution in [2.45, 2.75) is 19.8 Å². The summed E-state index contributed by atoms with van der Waals surface area (Å²) in [6, 6.07) is 0. The van der Waals surface area contributed by atoms with Crippen LogP contribution in [0.3, 0.4) is 0 Å². The van der Waals surface area contributed by atoms with Crippen molar-refractivity contribution < 1.29 is 4.39 Å². The van der Waals surface area contributed by atoms with Crippen LogP contribution in [0.1, 0.15) is 19.8 Å². The van der Waals surface area contributed by atoms with Crippen LogP contribution in [0.5, 0.6) is 0 Å². The highest BCUT2D eigenvalue weighted by atomic mass is 19.1. The minimum atomic E-state index is -0.0807. The molecule has 0 aromatic rings. The molecule has 1 N–H and O–H groups in total. The molecule has 1 heterocycles. The van der Waals surface area contributed by atoms with Gasteiger partial charge in [0.1, 0.15) is 5.83 Å². The lowest BCUT2D eigenvalue weighted by Gasteiger charge is -2.19. The highest BCUT2D eigenvalue weighted by Crippen LogP contribution is 2.29. The molecule has 0 atom stereocenters. The molecule has 1 aliphatic carbocycles. The maximum absolute atomic E-state index is 13.6. The van der Waals surface area contributed by atoms with Crippen LogP contribution in [0.15, 0.2) is 47.0 Å². The molecule has 0 spiro atoms. The minimum absolute atomic E-state index is 0.0807. The number of allylic oxidation sites excluding steroid dienone is 6. The number of rotatable bonds is 1. The van der Waals surface area contributed by atoms with Gasteiger partial charge in [0.05, 0.1) is 0 Å². The van der Waals surface area contributed by atoms with Crippen LogP contribution in [0.2, 0.25) is 0 Å². The summed E-state index contributed by atoms with van der Waals surface area (Å²) in [5.41, 5.74) is 2.88. The Bertz CT molecular complexity index is 359. The van der Waals surface area contributed by atoms with E-state index in [0.717, 1.165) is 36.2 Å². The van der Waals surface area contributed by atoms with Crippen LogP contribution in [0, 0.1) is 0 Å². The summed E-state index contributed by atoms with van der Waals surface area (Å²) in [6.45, 7) is 2.77. The number of hydrogen-bond acceptors (Lipinski definition) is 1. The van der Waals surface area contributed by atoms with Crippen LogP contribution >= 0.6 is 0 Å². The molecule has 2 aliphatic rings. The molecule has 1 aliphatic heterocycles. The minimum Gasteiger partial charge on any atom is -0.381 e. The predicted octanol–water partition coefficient (Wildman–Crippen LogP) is 2.99. The van der Waals surface area contributed by atoms with Crippen molar-refractivity contribution in [1.29, 1.82) is 0 Å². The normalized spacial score (nSPS) is 21.6. The summed E-state index contributed by atoms with van der Waals surface area (Å²) in [6.07, 6.45) is 9.34. The van der Waals surface area contributed by atoms with E-state index in [-0.39, 0.29) is 5.83 Å². The topological polar surface area (TPSA) is 12.0 Å². The maximum Gasteiger partial charge on any atom is 0.128 e. The first-order valence-corrected chi connectivity index (χ1v) is 4.94. The first kappa shape index (κ1) is 9.25. The molecule has 0 radical (unpaired) electrons. The zero-order valence-corrected chi connectivity index (χ0v) is 8.31. The van der Waals surface area contributed by atoms with Gasteiger partial charge in [-0.25, -0.2) is 4.39 Å². The van der Waals surface area contributed by atoms with Gasteiger partial charge in [0.15, 0.2) is 0 Å². The lowest BCUT2D eigenvalue weighted by Crippen LogP contribution is -2.18. The van der Waals surface area contributed by atoms with Crippen molar-refractivity contribution in [3.8, 4) is 0 Å². The monoisotopic (exact) mass is 191 g/mol. The Kier molecular flexibility index (Phi) is 2.53. The lowest BCUT2D eigenvalue weighted by atomic mass is 9.95. The van der Waals surface area contributed by atoms with Crippen LogP contribution in [-0.4, -0.2) is 6.54 Å². The molecule has 0 saturated heterocycles. The second-order valence-electron chi connectivity index (χ2n) is 3.71. The summed E-state index contributed by atoms with van der Waals surface area (Å²) < 4.78 is 13.6. The molecule has 2 heteroatoms. The second-order valence-corrected chi connectivity index (χ2v) is 3.71. The van der Waals surface area contributed by atoms with Crippen molar-refractivity contribution in [2.75, 3.05) is 6.54 Å². The van der Waals surface area contributed by atoms with Gasteiger partial charge in [-0.3, -0.25) is 0 Å². The first-order chi connectivity index (χ1) is 6.77. The fraction of sp³-hybridized carbons (Fsp3) is 0.333. The van der Waals surface area contributed by atoms with Crippen LogP contribution in [0.4, 0.5) is 4.39 Å². The average molecular weight is 191 g/mol. The molecule has 0 amide bonds. The SMILES string of the molecule is CC1=CC(F)=C(C2=CC=CCN2)CC1. The molecular weight excluding hydrogens is 177 g/mol. The Balaban J connectivity index is 2.29.